The van der Waals surface area contributed by atoms with E-state index in [1.165, 1.54) is 76.2 Å². The molecule has 0 spiro atoms. The Bertz CT molecular complexity index is 1090. The highest BCUT2D eigenvalue weighted by Crippen LogP contribution is 2.24. The molecule has 1 heterocycles. The van der Waals surface area contributed by atoms with Gasteiger partial charge in [-0.1, -0.05) is 128 Å². The molecule has 40 heavy (non-hydrogen) atoms. The molecule has 0 bridgehead atoms. The summed E-state index contributed by atoms with van der Waals surface area (Å²) in [5.41, 5.74) is 4.35. The number of hydrogen-bond acceptors (Lipinski definition) is 4. The minimum Gasteiger partial charge on any atom is -0.427 e. The molecule has 3 aromatic rings. The lowest BCUT2D eigenvalue weighted by Crippen LogP contribution is -2.07. The van der Waals surface area contributed by atoms with Crippen LogP contribution in [-0.2, 0) is 11.2 Å². The summed E-state index contributed by atoms with van der Waals surface area (Å²) in [4.78, 5) is 21.4. The van der Waals surface area contributed by atoms with Crippen LogP contribution in [0.1, 0.15) is 116 Å². The van der Waals surface area contributed by atoms with Crippen molar-refractivity contribution in [2.75, 3.05) is 0 Å². The van der Waals surface area contributed by atoms with E-state index in [9.17, 15) is 4.79 Å². The number of unbranched alkanes of at least 4 members (excludes halogenated alkanes) is 8. The van der Waals surface area contributed by atoms with Gasteiger partial charge in [-0.05, 0) is 48.4 Å². The predicted molar refractivity (Wildman–Crippen MR) is 167 cm³/mol. The predicted octanol–water partition coefficient (Wildman–Crippen LogP) is 10.4. The molecule has 0 aliphatic heterocycles. The van der Waals surface area contributed by atoms with Crippen LogP contribution in [0.5, 0.6) is 5.75 Å². The number of benzene rings is 2. The molecular weight excluding hydrogens is 492 g/mol. The number of rotatable bonds is 19. The van der Waals surface area contributed by atoms with E-state index < -0.39 is 0 Å². The molecule has 1 aromatic heterocycles. The summed E-state index contributed by atoms with van der Waals surface area (Å²) < 4.78 is 5.54. The van der Waals surface area contributed by atoms with Gasteiger partial charge < -0.3 is 4.74 Å². The van der Waals surface area contributed by atoms with Crippen molar-refractivity contribution in [3.8, 4) is 28.3 Å². The smallest absolute Gasteiger partial charge is 0.311 e. The molecule has 216 valence electrons. The van der Waals surface area contributed by atoms with E-state index in [0.717, 1.165) is 47.7 Å². The lowest BCUT2D eigenvalue weighted by Gasteiger charge is -2.09. The lowest BCUT2D eigenvalue weighted by molar-refractivity contribution is -0.134. The second-order valence-electron chi connectivity index (χ2n) is 11.4. The Kier molecular flexibility index (Phi) is 14.5. The van der Waals surface area contributed by atoms with Crippen molar-refractivity contribution < 1.29 is 9.53 Å². The van der Waals surface area contributed by atoms with Crippen LogP contribution in [0, 0.1) is 5.92 Å². The van der Waals surface area contributed by atoms with E-state index in [2.05, 4.69) is 55.0 Å². The number of esters is 1. The summed E-state index contributed by atoms with van der Waals surface area (Å²) in [6.45, 7) is 6.82. The first-order valence-corrected chi connectivity index (χ1v) is 15.8. The topological polar surface area (TPSA) is 52.1 Å². The highest BCUT2D eigenvalue weighted by molar-refractivity contribution is 5.73. The normalized spacial score (nSPS) is 11.9. The van der Waals surface area contributed by atoms with Crippen molar-refractivity contribution >= 4 is 5.97 Å². The van der Waals surface area contributed by atoms with Gasteiger partial charge in [0.1, 0.15) is 5.75 Å². The van der Waals surface area contributed by atoms with E-state index in [4.69, 9.17) is 4.74 Å². The summed E-state index contributed by atoms with van der Waals surface area (Å²) in [5.74, 6) is 1.94. The summed E-state index contributed by atoms with van der Waals surface area (Å²) in [5, 5.41) is 0. The van der Waals surface area contributed by atoms with Gasteiger partial charge in [0, 0.05) is 29.9 Å². The maximum atomic E-state index is 12.2. The largest absolute Gasteiger partial charge is 0.427 e. The van der Waals surface area contributed by atoms with Crippen LogP contribution in [0.4, 0.5) is 0 Å². The van der Waals surface area contributed by atoms with Gasteiger partial charge in [-0.15, -0.1) is 0 Å². The standard InChI is InChI=1S/C36H50N2O2/c1-4-6-7-8-9-10-13-17-30-19-21-32(22-20-30)36-37-27-33(28-38-36)31-23-25-34(26-24-31)40-35(39)18-14-11-12-16-29(3)15-5-2/h19-29H,4-18H2,1-3H3. The van der Waals surface area contributed by atoms with Crippen LogP contribution in [0.15, 0.2) is 60.9 Å². The number of aromatic nitrogens is 2. The maximum absolute atomic E-state index is 12.2. The van der Waals surface area contributed by atoms with Crippen molar-refractivity contribution in [3.63, 3.8) is 0 Å². The summed E-state index contributed by atoms with van der Waals surface area (Å²) in [6, 6.07) is 16.3. The molecule has 0 aliphatic carbocycles. The highest BCUT2D eigenvalue weighted by atomic mass is 16.5. The number of aryl methyl sites for hydroxylation is 1. The van der Waals surface area contributed by atoms with Crippen molar-refractivity contribution in [1.29, 1.82) is 0 Å². The average molecular weight is 543 g/mol. The first kappa shape index (κ1) is 31.5. The summed E-state index contributed by atoms with van der Waals surface area (Å²) >= 11 is 0. The molecule has 4 heteroatoms. The zero-order valence-corrected chi connectivity index (χ0v) is 25.2. The van der Waals surface area contributed by atoms with Crippen molar-refractivity contribution in [1.82, 2.24) is 9.97 Å². The molecule has 0 N–H and O–H groups in total. The third-order valence-electron chi connectivity index (χ3n) is 7.71. The number of ether oxygens (including phenoxy) is 1. The van der Waals surface area contributed by atoms with E-state index in [1.54, 1.807) is 0 Å². The number of carbonyl (C=O) groups is 1. The molecule has 3 rings (SSSR count). The SMILES string of the molecule is CCCCCCCCCc1ccc(-c2ncc(-c3ccc(OC(=O)CCCCCC(C)CCC)cc3)cn2)cc1. The van der Waals surface area contributed by atoms with Crippen molar-refractivity contribution in [2.45, 2.75) is 117 Å². The van der Waals surface area contributed by atoms with Gasteiger partial charge in [-0.3, -0.25) is 4.79 Å². The first-order chi connectivity index (χ1) is 19.6. The molecule has 0 aliphatic rings. The molecule has 2 aromatic carbocycles. The van der Waals surface area contributed by atoms with Crippen LogP contribution in [0.25, 0.3) is 22.5 Å². The Hall–Kier alpha value is -3.01. The molecule has 1 atom stereocenters. The minimum absolute atomic E-state index is 0.157. The molecule has 4 nitrogen and oxygen atoms in total. The second-order valence-corrected chi connectivity index (χ2v) is 11.4. The Morgan fingerprint density at radius 3 is 1.98 bits per heavy atom. The van der Waals surface area contributed by atoms with E-state index in [0.29, 0.717) is 12.2 Å². The summed E-state index contributed by atoms with van der Waals surface area (Å²) in [6.07, 6.45) is 21.6. The Morgan fingerprint density at radius 1 is 0.675 bits per heavy atom. The molecule has 0 saturated heterocycles. The fourth-order valence-corrected chi connectivity index (χ4v) is 5.21. The Balaban J connectivity index is 1.40. The zero-order valence-electron chi connectivity index (χ0n) is 25.2. The van der Waals surface area contributed by atoms with Gasteiger partial charge in [0.2, 0.25) is 0 Å². The van der Waals surface area contributed by atoms with Crippen LogP contribution >= 0.6 is 0 Å². The monoisotopic (exact) mass is 542 g/mol. The van der Waals surface area contributed by atoms with Gasteiger partial charge in [0.25, 0.3) is 0 Å². The highest BCUT2D eigenvalue weighted by Gasteiger charge is 2.08. The number of carbonyl (C=O) groups excluding carboxylic acids is 1. The third kappa shape index (κ3) is 11.6. The Labute approximate surface area is 243 Å². The lowest BCUT2D eigenvalue weighted by atomic mass is 9.98. The number of hydrogen-bond donors (Lipinski definition) is 0. The fraction of sp³-hybridized carbons (Fsp3) is 0.528. The first-order valence-electron chi connectivity index (χ1n) is 15.8. The molecule has 0 amide bonds. The fourth-order valence-electron chi connectivity index (χ4n) is 5.21. The molecule has 0 fully saturated rings. The maximum Gasteiger partial charge on any atom is 0.311 e. The quantitative estimate of drug-likeness (QED) is 0.0859. The van der Waals surface area contributed by atoms with E-state index in [-0.39, 0.29) is 5.97 Å². The third-order valence-corrected chi connectivity index (χ3v) is 7.71. The molecule has 1 unspecified atom stereocenters. The minimum atomic E-state index is -0.157. The average Bonchev–Trinajstić information content (AvgIpc) is 2.97. The van der Waals surface area contributed by atoms with Crippen LogP contribution in [0.3, 0.4) is 0 Å². The summed E-state index contributed by atoms with van der Waals surface area (Å²) in [7, 11) is 0. The van der Waals surface area contributed by atoms with Gasteiger partial charge >= 0.3 is 5.97 Å². The van der Waals surface area contributed by atoms with Gasteiger partial charge in [-0.25, -0.2) is 9.97 Å². The van der Waals surface area contributed by atoms with E-state index >= 15 is 0 Å². The Morgan fingerprint density at radius 2 is 1.30 bits per heavy atom. The van der Waals surface area contributed by atoms with Gasteiger partial charge in [-0.2, -0.15) is 0 Å². The van der Waals surface area contributed by atoms with Crippen LogP contribution < -0.4 is 4.74 Å². The molecule has 0 radical (unpaired) electrons. The van der Waals surface area contributed by atoms with Crippen LogP contribution in [-0.4, -0.2) is 15.9 Å². The number of nitrogens with zero attached hydrogens (tertiary/aromatic N) is 2. The van der Waals surface area contributed by atoms with Crippen LogP contribution in [0.2, 0.25) is 0 Å². The molecule has 0 saturated carbocycles. The van der Waals surface area contributed by atoms with Gasteiger partial charge in [0.05, 0.1) is 0 Å². The zero-order chi connectivity index (χ0) is 28.4. The van der Waals surface area contributed by atoms with E-state index in [1.807, 2.05) is 36.7 Å². The molecular formula is C36H50N2O2. The van der Waals surface area contributed by atoms with Gasteiger partial charge in [0.15, 0.2) is 5.82 Å². The van der Waals surface area contributed by atoms with Crippen molar-refractivity contribution in [3.05, 3.63) is 66.5 Å². The van der Waals surface area contributed by atoms with Crippen molar-refractivity contribution in [2.24, 2.45) is 5.92 Å². The second kappa shape index (κ2) is 18.4.